The molecule has 3 atom stereocenters. The van der Waals surface area contributed by atoms with Gasteiger partial charge in [0.15, 0.2) is 0 Å². The number of nitrogens with zero attached hydrogens (tertiary/aromatic N) is 1. The molecule has 0 aliphatic heterocycles. The van der Waals surface area contributed by atoms with Crippen LogP contribution in [-0.2, 0) is 25.5 Å². The van der Waals surface area contributed by atoms with E-state index in [-0.39, 0.29) is 24.8 Å². The maximum atomic E-state index is 13.3. The molecule has 0 aromatic heterocycles. The van der Waals surface area contributed by atoms with Gasteiger partial charge in [0.05, 0.1) is 0 Å². The van der Waals surface area contributed by atoms with E-state index in [0.29, 0.717) is 25.1 Å². The molecule has 0 radical (unpaired) electrons. The molecule has 13 nitrogen and oxygen atoms in total. The van der Waals surface area contributed by atoms with Crippen molar-refractivity contribution in [2.75, 3.05) is 25.5 Å². The van der Waals surface area contributed by atoms with E-state index in [1.54, 1.807) is 53.8 Å². The van der Waals surface area contributed by atoms with Gasteiger partial charge in [-0.05, 0) is 76.6 Å². The second-order valence-corrected chi connectivity index (χ2v) is 12.3. The Hall–Kier alpha value is -3.87. The van der Waals surface area contributed by atoms with Crippen LogP contribution in [0.5, 0.6) is 0 Å². The number of hydrogen-bond donors (Lipinski definition) is 6. The number of carbonyl (C=O) groups is 5. The van der Waals surface area contributed by atoms with Crippen LogP contribution in [0.2, 0.25) is 0 Å². The molecule has 13 heteroatoms. The first-order valence-corrected chi connectivity index (χ1v) is 14.6. The first-order valence-electron chi connectivity index (χ1n) is 14.6. The Morgan fingerprint density at radius 1 is 0.953 bits per heavy atom. The number of likely N-dealkylation sites (N-methyl/N-ethyl adjacent to an activating group) is 1. The highest BCUT2D eigenvalue weighted by atomic mass is 16.6. The fraction of sp³-hybridized carbons (Fsp3) is 0.633. The molecular weight excluding hydrogens is 556 g/mol. The summed E-state index contributed by atoms with van der Waals surface area (Å²) in [4.78, 5) is 63.3. The third kappa shape index (κ3) is 14.2. The van der Waals surface area contributed by atoms with Crippen molar-refractivity contribution in [3.8, 4) is 0 Å². The van der Waals surface area contributed by atoms with Gasteiger partial charge in [0, 0.05) is 18.8 Å². The molecule has 43 heavy (non-hydrogen) atoms. The summed E-state index contributed by atoms with van der Waals surface area (Å²) in [7, 11) is 1.79. The highest BCUT2D eigenvalue weighted by Crippen LogP contribution is 2.15. The molecule has 0 unspecified atom stereocenters. The van der Waals surface area contributed by atoms with Crippen molar-refractivity contribution in [1.82, 2.24) is 20.9 Å². The number of rotatable bonds is 16. The molecule has 0 saturated heterocycles. The number of anilines is 1. The number of urea groups is 1. The molecular formula is C30H50N6O7. The number of carboxylic acid groups (broad SMARTS) is 1. The quantitative estimate of drug-likeness (QED) is 0.155. The number of carbonyl (C=O) groups excluding carboxylic acids is 4. The van der Waals surface area contributed by atoms with Gasteiger partial charge in [-0.25, -0.2) is 9.59 Å². The second-order valence-electron chi connectivity index (χ2n) is 12.3. The van der Waals surface area contributed by atoms with E-state index in [1.165, 1.54) is 0 Å². The van der Waals surface area contributed by atoms with Crippen LogP contribution >= 0.6 is 0 Å². The number of nitrogens with one attached hydrogen (secondary N) is 4. The van der Waals surface area contributed by atoms with Crippen LogP contribution in [-0.4, -0.2) is 83.8 Å². The fourth-order valence-electron chi connectivity index (χ4n) is 4.43. The van der Waals surface area contributed by atoms with Crippen molar-refractivity contribution < 1.29 is 33.8 Å². The summed E-state index contributed by atoms with van der Waals surface area (Å²) in [6.07, 6.45) is 0.420. The number of nitrogens with two attached hydrogens (primary N) is 1. The predicted octanol–water partition coefficient (Wildman–Crippen LogP) is 2.69. The van der Waals surface area contributed by atoms with Gasteiger partial charge in [-0.3, -0.25) is 19.3 Å². The van der Waals surface area contributed by atoms with Crippen LogP contribution in [0.15, 0.2) is 24.3 Å². The van der Waals surface area contributed by atoms with Crippen molar-refractivity contribution in [1.29, 1.82) is 0 Å². The Labute approximate surface area is 254 Å². The molecule has 1 rings (SSSR count). The van der Waals surface area contributed by atoms with Crippen molar-refractivity contribution in [2.45, 2.75) is 91.5 Å². The fourth-order valence-corrected chi connectivity index (χ4v) is 4.43. The zero-order valence-corrected chi connectivity index (χ0v) is 26.7. The van der Waals surface area contributed by atoms with Gasteiger partial charge in [-0.15, -0.1) is 0 Å². The van der Waals surface area contributed by atoms with Crippen LogP contribution in [0.25, 0.3) is 0 Å². The SMILES string of the molecule is CC(C)[C@H](NC(=O)OC(C)(C)C)C(=O)N[C@@H](CCCNC(N)=O)C(=O)Nc1ccc(CCN(C)[C@H](C(=O)O)C(C)C)cc1. The monoisotopic (exact) mass is 606 g/mol. The molecule has 7 N–H and O–H groups in total. The van der Waals surface area contributed by atoms with Crippen LogP contribution in [0, 0.1) is 11.8 Å². The minimum Gasteiger partial charge on any atom is -0.480 e. The summed E-state index contributed by atoms with van der Waals surface area (Å²) in [5, 5.41) is 20.1. The summed E-state index contributed by atoms with van der Waals surface area (Å²) in [5.74, 6) is -2.22. The minimum absolute atomic E-state index is 0.0380. The number of amides is 5. The van der Waals surface area contributed by atoms with Gasteiger partial charge in [-0.2, -0.15) is 0 Å². The van der Waals surface area contributed by atoms with Crippen molar-refractivity contribution in [3.05, 3.63) is 29.8 Å². The van der Waals surface area contributed by atoms with E-state index in [2.05, 4.69) is 21.3 Å². The highest BCUT2D eigenvalue weighted by molar-refractivity contribution is 5.98. The number of hydrogen-bond acceptors (Lipinski definition) is 7. The number of benzene rings is 1. The Kier molecular flexibility index (Phi) is 14.9. The molecule has 0 bridgehead atoms. The van der Waals surface area contributed by atoms with E-state index >= 15 is 0 Å². The van der Waals surface area contributed by atoms with E-state index in [1.807, 2.05) is 30.9 Å². The highest BCUT2D eigenvalue weighted by Gasteiger charge is 2.30. The Morgan fingerprint density at radius 2 is 1.56 bits per heavy atom. The van der Waals surface area contributed by atoms with Crippen molar-refractivity contribution in [3.63, 3.8) is 0 Å². The first kappa shape index (κ1) is 37.2. The van der Waals surface area contributed by atoms with E-state index in [0.717, 1.165) is 5.56 Å². The molecule has 5 amide bonds. The van der Waals surface area contributed by atoms with Gasteiger partial charge in [-0.1, -0.05) is 39.8 Å². The molecule has 0 aliphatic carbocycles. The normalized spacial score (nSPS) is 13.7. The summed E-state index contributed by atoms with van der Waals surface area (Å²) in [5.41, 5.74) is 5.85. The molecule has 0 saturated carbocycles. The molecule has 1 aromatic carbocycles. The molecule has 0 spiro atoms. The van der Waals surface area contributed by atoms with Gasteiger partial charge < -0.3 is 36.8 Å². The maximum Gasteiger partial charge on any atom is 0.408 e. The van der Waals surface area contributed by atoms with Crippen LogP contribution in [0.4, 0.5) is 15.3 Å². The number of carboxylic acids is 1. The lowest BCUT2D eigenvalue weighted by molar-refractivity contribution is -0.144. The molecule has 0 fully saturated rings. The predicted molar refractivity (Wildman–Crippen MR) is 164 cm³/mol. The Balaban J connectivity index is 2.94. The lowest BCUT2D eigenvalue weighted by Gasteiger charge is -2.27. The zero-order chi connectivity index (χ0) is 32.9. The third-order valence-electron chi connectivity index (χ3n) is 6.56. The standard InChI is InChI=1S/C30H50N6O7/c1-18(2)23(35-29(42)43-30(5,6)7)26(38)34-22(10-9-16-32-28(31)41)25(37)33-21-13-11-20(12-14-21)15-17-36(8)24(19(3)4)27(39)40/h11-14,18-19,22-24H,9-10,15-17H2,1-8H3,(H,33,37)(H,34,38)(H,35,42)(H,39,40)(H3,31,32,41)/t22-,23-,24-/m0/s1. The Morgan fingerprint density at radius 3 is 2.05 bits per heavy atom. The van der Waals surface area contributed by atoms with Crippen LogP contribution in [0.1, 0.15) is 66.9 Å². The van der Waals surface area contributed by atoms with Crippen LogP contribution in [0.3, 0.4) is 0 Å². The Bertz CT molecular complexity index is 1090. The van der Waals surface area contributed by atoms with Gasteiger partial charge in [0.25, 0.3) is 0 Å². The first-order chi connectivity index (χ1) is 19.9. The second kappa shape index (κ2) is 17.3. The number of ether oxygens (including phenoxy) is 1. The average Bonchev–Trinajstić information content (AvgIpc) is 2.86. The number of primary amides is 1. The number of alkyl carbamates (subject to hydrolysis) is 1. The zero-order valence-electron chi connectivity index (χ0n) is 26.7. The molecule has 242 valence electrons. The molecule has 1 aromatic rings. The van der Waals surface area contributed by atoms with E-state index in [9.17, 15) is 29.1 Å². The van der Waals surface area contributed by atoms with Crippen molar-refractivity contribution in [2.24, 2.45) is 17.6 Å². The number of aliphatic carboxylic acids is 1. The average molecular weight is 607 g/mol. The van der Waals surface area contributed by atoms with E-state index in [4.69, 9.17) is 10.5 Å². The van der Waals surface area contributed by atoms with Gasteiger partial charge in [0.2, 0.25) is 11.8 Å². The lowest BCUT2D eigenvalue weighted by Crippen LogP contribution is -2.55. The van der Waals surface area contributed by atoms with Gasteiger partial charge in [0.1, 0.15) is 23.7 Å². The van der Waals surface area contributed by atoms with Crippen LogP contribution < -0.4 is 27.0 Å². The molecule has 0 aliphatic rings. The largest absolute Gasteiger partial charge is 0.480 e. The van der Waals surface area contributed by atoms with Crippen molar-refractivity contribution >= 4 is 35.6 Å². The van der Waals surface area contributed by atoms with E-state index < -0.39 is 53.6 Å². The minimum atomic E-state index is -0.971. The summed E-state index contributed by atoms with van der Waals surface area (Å²) in [6, 6.07) is 3.96. The summed E-state index contributed by atoms with van der Waals surface area (Å²) in [6.45, 7) is 13.2. The lowest BCUT2D eigenvalue weighted by atomic mass is 10.0. The van der Waals surface area contributed by atoms with Gasteiger partial charge >= 0.3 is 18.1 Å². The molecule has 0 heterocycles. The topological polar surface area (TPSA) is 192 Å². The third-order valence-corrected chi connectivity index (χ3v) is 6.56. The maximum absolute atomic E-state index is 13.3. The summed E-state index contributed by atoms with van der Waals surface area (Å²) >= 11 is 0. The summed E-state index contributed by atoms with van der Waals surface area (Å²) < 4.78 is 5.28. The smallest absolute Gasteiger partial charge is 0.408 e.